The number of benzene rings is 2. The first kappa shape index (κ1) is 13.4. The van der Waals surface area contributed by atoms with E-state index in [1.54, 1.807) is 30.3 Å². The van der Waals surface area contributed by atoms with E-state index in [1.165, 1.54) is 0 Å². The molecule has 0 fully saturated rings. The molecule has 0 bridgehead atoms. The Hall–Kier alpha value is -2.00. The highest BCUT2D eigenvalue weighted by Crippen LogP contribution is 2.25. The topological polar surface area (TPSA) is 38.3 Å². The number of anilines is 1. The van der Waals surface area contributed by atoms with Gasteiger partial charge in [0.15, 0.2) is 0 Å². The van der Waals surface area contributed by atoms with Crippen molar-refractivity contribution in [1.29, 1.82) is 0 Å². The Morgan fingerprint density at radius 3 is 2.58 bits per heavy atom. The highest BCUT2D eigenvalue weighted by molar-refractivity contribution is 6.34. The van der Waals surface area contributed by atoms with Crippen molar-refractivity contribution in [3.05, 3.63) is 59.1 Å². The second-order valence-electron chi connectivity index (χ2n) is 3.86. The van der Waals surface area contributed by atoms with E-state index in [1.807, 2.05) is 25.1 Å². The number of rotatable bonds is 4. The normalized spacial score (nSPS) is 10.0. The minimum absolute atomic E-state index is 0.252. The highest BCUT2D eigenvalue weighted by atomic mass is 35.5. The van der Waals surface area contributed by atoms with E-state index in [-0.39, 0.29) is 5.91 Å². The summed E-state index contributed by atoms with van der Waals surface area (Å²) in [6.45, 7) is 2.44. The number of hydrogen-bond donors (Lipinski definition) is 1. The van der Waals surface area contributed by atoms with Crippen LogP contribution in [0.2, 0.25) is 5.02 Å². The minimum atomic E-state index is -0.252. The standard InChI is InChI=1S/C15H14ClNO2/c1-2-19-14-10-6-5-9-13(14)17-15(18)11-7-3-4-8-12(11)16/h3-10H,2H2,1H3,(H,17,18). The van der Waals surface area contributed by atoms with E-state index in [0.717, 1.165) is 0 Å². The van der Waals surface area contributed by atoms with E-state index in [4.69, 9.17) is 16.3 Å². The molecule has 1 N–H and O–H groups in total. The van der Waals surface area contributed by atoms with Crippen LogP contribution in [0.3, 0.4) is 0 Å². The lowest BCUT2D eigenvalue weighted by Crippen LogP contribution is -2.13. The van der Waals surface area contributed by atoms with Crippen molar-refractivity contribution in [3.8, 4) is 5.75 Å². The molecule has 0 spiro atoms. The van der Waals surface area contributed by atoms with Gasteiger partial charge >= 0.3 is 0 Å². The maximum atomic E-state index is 12.1. The summed E-state index contributed by atoms with van der Waals surface area (Å²) in [5, 5.41) is 3.23. The maximum absolute atomic E-state index is 12.1. The highest BCUT2D eigenvalue weighted by Gasteiger charge is 2.11. The molecule has 98 valence electrons. The molecule has 4 heteroatoms. The molecule has 0 unspecified atom stereocenters. The van der Waals surface area contributed by atoms with E-state index in [9.17, 15) is 4.79 Å². The predicted octanol–water partition coefficient (Wildman–Crippen LogP) is 3.99. The number of ether oxygens (including phenoxy) is 1. The van der Waals surface area contributed by atoms with Crippen molar-refractivity contribution >= 4 is 23.2 Å². The molecule has 2 aromatic rings. The molecule has 0 aliphatic rings. The van der Waals surface area contributed by atoms with Crippen molar-refractivity contribution < 1.29 is 9.53 Å². The van der Waals surface area contributed by atoms with Gasteiger partial charge in [-0.05, 0) is 31.2 Å². The molecule has 0 heterocycles. The quantitative estimate of drug-likeness (QED) is 0.916. The summed E-state index contributed by atoms with van der Waals surface area (Å²) in [5.74, 6) is 0.392. The van der Waals surface area contributed by atoms with Gasteiger partial charge in [-0.25, -0.2) is 0 Å². The van der Waals surface area contributed by atoms with E-state index >= 15 is 0 Å². The zero-order valence-electron chi connectivity index (χ0n) is 10.5. The number of hydrogen-bond acceptors (Lipinski definition) is 2. The second kappa shape index (κ2) is 6.25. The molecule has 19 heavy (non-hydrogen) atoms. The average molecular weight is 276 g/mol. The van der Waals surface area contributed by atoms with Gasteiger partial charge in [-0.3, -0.25) is 4.79 Å². The van der Waals surface area contributed by atoms with Gasteiger partial charge in [0.05, 0.1) is 22.9 Å². The molecule has 3 nitrogen and oxygen atoms in total. The molecule has 1 amide bonds. The average Bonchev–Trinajstić information content (AvgIpc) is 2.41. The number of halogens is 1. The molecule has 0 saturated heterocycles. The Bertz CT molecular complexity index is 584. The van der Waals surface area contributed by atoms with Crippen LogP contribution in [0.15, 0.2) is 48.5 Å². The van der Waals surface area contributed by atoms with E-state index in [0.29, 0.717) is 28.6 Å². The molecule has 2 aromatic carbocycles. The first-order valence-electron chi connectivity index (χ1n) is 6.00. The van der Waals surface area contributed by atoms with Gasteiger partial charge in [-0.15, -0.1) is 0 Å². The van der Waals surface area contributed by atoms with Gasteiger partial charge in [0, 0.05) is 0 Å². The van der Waals surface area contributed by atoms with Gasteiger partial charge in [0.1, 0.15) is 5.75 Å². The lowest BCUT2D eigenvalue weighted by molar-refractivity contribution is 0.102. The third-order valence-electron chi connectivity index (χ3n) is 2.55. The number of nitrogens with one attached hydrogen (secondary N) is 1. The fourth-order valence-corrected chi connectivity index (χ4v) is 1.91. The lowest BCUT2D eigenvalue weighted by Gasteiger charge is -2.11. The van der Waals surface area contributed by atoms with Crippen LogP contribution in [0.25, 0.3) is 0 Å². The summed E-state index contributed by atoms with van der Waals surface area (Å²) in [7, 11) is 0. The van der Waals surface area contributed by atoms with Crippen LogP contribution in [0.5, 0.6) is 5.75 Å². The Labute approximate surface area is 117 Å². The van der Waals surface area contributed by atoms with Gasteiger partial charge in [-0.2, -0.15) is 0 Å². The Morgan fingerprint density at radius 1 is 1.16 bits per heavy atom. The predicted molar refractivity (Wildman–Crippen MR) is 77.0 cm³/mol. The van der Waals surface area contributed by atoms with E-state index in [2.05, 4.69) is 5.32 Å². The molecule has 0 saturated carbocycles. The summed E-state index contributed by atoms with van der Waals surface area (Å²) in [6, 6.07) is 14.2. The van der Waals surface area contributed by atoms with Crippen molar-refractivity contribution in [2.45, 2.75) is 6.92 Å². The zero-order valence-corrected chi connectivity index (χ0v) is 11.3. The molecule has 0 atom stereocenters. The Kier molecular flexibility index (Phi) is 4.42. The molecule has 0 aliphatic carbocycles. The van der Waals surface area contributed by atoms with Crippen LogP contribution in [-0.4, -0.2) is 12.5 Å². The maximum Gasteiger partial charge on any atom is 0.257 e. The van der Waals surface area contributed by atoms with Crippen LogP contribution < -0.4 is 10.1 Å². The molecule has 0 aromatic heterocycles. The fraction of sp³-hybridized carbons (Fsp3) is 0.133. The Balaban J connectivity index is 2.22. The molecular formula is C15H14ClNO2. The Morgan fingerprint density at radius 2 is 1.84 bits per heavy atom. The van der Waals surface area contributed by atoms with Crippen molar-refractivity contribution in [3.63, 3.8) is 0 Å². The summed E-state index contributed by atoms with van der Waals surface area (Å²) in [4.78, 5) is 12.1. The summed E-state index contributed by atoms with van der Waals surface area (Å²) in [5.41, 5.74) is 1.07. The number of carbonyl (C=O) groups is 1. The molecular weight excluding hydrogens is 262 g/mol. The van der Waals surface area contributed by atoms with Crippen LogP contribution in [-0.2, 0) is 0 Å². The monoisotopic (exact) mass is 275 g/mol. The molecule has 2 rings (SSSR count). The third kappa shape index (κ3) is 3.26. The second-order valence-corrected chi connectivity index (χ2v) is 4.27. The van der Waals surface area contributed by atoms with Gasteiger partial charge in [0.25, 0.3) is 5.91 Å². The number of carbonyl (C=O) groups excluding carboxylic acids is 1. The van der Waals surface area contributed by atoms with Gasteiger partial charge in [0.2, 0.25) is 0 Å². The van der Waals surface area contributed by atoms with Gasteiger partial charge < -0.3 is 10.1 Å². The van der Waals surface area contributed by atoms with Crippen LogP contribution in [0.1, 0.15) is 17.3 Å². The van der Waals surface area contributed by atoms with Crippen molar-refractivity contribution in [1.82, 2.24) is 0 Å². The minimum Gasteiger partial charge on any atom is -0.492 e. The van der Waals surface area contributed by atoms with Crippen molar-refractivity contribution in [2.75, 3.05) is 11.9 Å². The SMILES string of the molecule is CCOc1ccccc1NC(=O)c1ccccc1Cl. The fourth-order valence-electron chi connectivity index (χ4n) is 1.69. The lowest BCUT2D eigenvalue weighted by atomic mass is 10.2. The largest absolute Gasteiger partial charge is 0.492 e. The first-order valence-corrected chi connectivity index (χ1v) is 6.38. The first-order chi connectivity index (χ1) is 9.22. The zero-order chi connectivity index (χ0) is 13.7. The summed E-state index contributed by atoms with van der Waals surface area (Å²) in [6.07, 6.45) is 0. The number of para-hydroxylation sites is 2. The van der Waals surface area contributed by atoms with Crippen LogP contribution >= 0.6 is 11.6 Å². The van der Waals surface area contributed by atoms with E-state index < -0.39 is 0 Å². The number of amides is 1. The summed E-state index contributed by atoms with van der Waals surface area (Å²) < 4.78 is 5.46. The van der Waals surface area contributed by atoms with Crippen LogP contribution in [0.4, 0.5) is 5.69 Å². The van der Waals surface area contributed by atoms with Crippen molar-refractivity contribution in [2.24, 2.45) is 0 Å². The smallest absolute Gasteiger partial charge is 0.257 e. The molecule has 0 aliphatic heterocycles. The third-order valence-corrected chi connectivity index (χ3v) is 2.88. The van der Waals surface area contributed by atoms with Crippen LogP contribution in [0, 0.1) is 0 Å². The summed E-state index contributed by atoms with van der Waals surface area (Å²) >= 11 is 5.99. The van der Waals surface area contributed by atoms with Gasteiger partial charge in [-0.1, -0.05) is 35.9 Å². The molecule has 0 radical (unpaired) electrons.